The minimum Gasteiger partial charge on any atom is -0.495 e. The van der Waals surface area contributed by atoms with Crippen LogP contribution in [-0.2, 0) is 17.1 Å². The Labute approximate surface area is 157 Å². The number of aliphatic hydroxyl groups is 1. The van der Waals surface area contributed by atoms with E-state index in [4.69, 9.17) is 16.3 Å². The Balaban J connectivity index is 1.80. The number of fused-ring (bicyclic) bond motifs is 1. The first kappa shape index (κ1) is 18.7. The van der Waals surface area contributed by atoms with Gasteiger partial charge in [-0.25, -0.2) is 13.1 Å². The van der Waals surface area contributed by atoms with Crippen LogP contribution < -0.4 is 9.46 Å². The van der Waals surface area contributed by atoms with Gasteiger partial charge in [0.25, 0.3) is 0 Å². The maximum atomic E-state index is 12.5. The Morgan fingerprint density at radius 3 is 2.69 bits per heavy atom. The molecule has 0 fully saturated rings. The summed E-state index contributed by atoms with van der Waals surface area (Å²) in [6.45, 7) is -0.153. The van der Waals surface area contributed by atoms with E-state index < -0.39 is 16.1 Å². The molecule has 0 saturated carbocycles. The molecule has 0 radical (unpaired) electrons. The molecule has 1 heterocycles. The van der Waals surface area contributed by atoms with E-state index in [1.54, 1.807) is 6.20 Å². The number of nitrogens with zero attached hydrogens (tertiary/aromatic N) is 1. The summed E-state index contributed by atoms with van der Waals surface area (Å²) in [5.74, 6) is 0.390. The fourth-order valence-corrected chi connectivity index (χ4v) is 4.22. The van der Waals surface area contributed by atoms with E-state index in [-0.39, 0.29) is 16.5 Å². The van der Waals surface area contributed by atoms with Gasteiger partial charge in [-0.1, -0.05) is 29.8 Å². The Kier molecular flexibility index (Phi) is 5.24. The summed E-state index contributed by atoms with van der Waals surface area (Å²) in [5.41, 5.74) is 1.63. The highest BCUT2D eigenvalue weighted by Gasteiger charge is 2.20. The van der Waals surface area contributed by atoms with Crippen LogP contribution >= 0.6 is 11.6 Å². The Morgan fingerprint density at radius 2 is 2.00 bits per heavy atom. The van der Waals surface area contributed by atoms with Crippen LogP contribution in [0.3, 0.4) is 0 Å². The van der Waals surface area contributed by atoms with Gasteiger partial charge in [0.15, 0.2) is 0 Å². The third kappa shape index (κ3) is 3.57. The van der Waals surface area contributed by atoms with Gasteiger partial charge in [0, 0.05) is 36.3 Å². The molecule has 1 atom stereocenters. The monoisotopic (exact) mass is 394 g/mol. The van der Waals surface area contributed by atoms with Gasteiger partial charge in [-0.3, -0.25) is 0 Å². The van der Waals surface area contributed by atoms with E-state index in [2.05, 4.69) is 4.72 Å². The van der Waals surface area contributed by atoms with Crippen LogP contribution in [0.1, 0.15) is 11.7 Å². The van der Waals surface area contributed by atoms with Crippen molar-refractivity contribution >= 4 is 32.5 Å². The largest absolute Gasteiger partial charge is 0.495 e. The highest BCUT2D eigenvalue weighted by molar-refractivity contribution is 7.89. The molecule has 0 amide bonds. The van der Waals surface area contributed by atoms with Crippen molar-refractivity contribution in [1.82, 2.24) is 9.29 Å². The number of hydrogen-bond acceptors (Lipinski definition) is 4. The fourth-order valence-electron chi connectivity index (χ4n) is 2.83. The lowest BCUT2D eigenvalue weighted by atomic mass is 10.1. The molecule has 0 unspecified atom stereocenters. The summed E-state index contributed by atoms with van der Waals surface area (Å²) >= 11 is 5.99. The Morgan fingerprint density at radius 1 is 1.27 bits per heavy atom. The van der Waals surface area contributed by atoms with Gasteiger partial charge in [0.05, 0.1) is 23.1 Å². The molecule has 0 saturated heterocycles. The van der Waals surface area contributed by atoms with E-state index in [0.29, 0.717) is 11.3 Å². The van der Waals surface area contributed by atoms with Crippen LogP contribution in [0, 0.1) is 0 Å². The minimum absolute atomic E-state index is 0.00780. The molecule has 0 aliphatic rings. The number of benzene rings is 2. The molecule has 3 rings (SSSR count). The lowest BCUT2D eigenvalue weighted by molar-refractivity contribution is 0.183. The van der Waals surface area contributed by atoms with E-state index in [1.807, 2.05) is 35.9 Å². The first-order chi connectivity index (χ1) is 12.3. The van der Waals surface area contributed by atoms with Crippen molar-refractivity contribution in [3.05, 3.63) is 59.2 Å². The minimum atomic E-state index is -3.81. The first-order valence-corrected chi connectivity index (χ1v) is 9.75. The number of para-hydroxylation sites is 1. The zero-order chi connectivity index (χ0) is 18.9. The van der Waals surface area contributed by atoms with Crippen molar-refractivity contribution in [2.75, 3.05) is 13.7 Å². The van der Waals surface area contributed by atoms with Gasteiger partial charge in [-0.05, 0) is 24.3 Å². The number of sulfonamides is 1. The zero-order valence-electron chi connectivity index (χ0n) is 14.3. The molecule has 3 aromatic rings. The second kappa shape index (κ2) is 7.28. The molecule has 0 bridgehead atoms. The van der Waals surface area contributed by atoms with Gasteiger partial charge >= 0.3 is 0 Å². The molecule has 138 valence electrons. The summed E-state index contributed by atoms with van der Waals surface area (Å²) in [4.78, 5) is 0.00780. The maximum Gasteiger partial charge on any atom is 0.240 e. The normalized spacial score (nSPS) is 13.1. The van der Waals surface area contributed by atoms with Crippen LogP contribution in [0.25, 0.3) is 10.9 Å². The second-order valence-electron chi connectivity index (χ2n) is 5.88. The lowest BCUT2D eigenvalue weighted by Crippen LogP contribution is -2.28. The third-order valence-electron chi connectivity index (χ3n) is 4.19. The van der Waals surface area contributed by atoms with Crippen LogP contribution in [-0.4, -0.2) is 31.7 Å². The van der Waals surface area contributed by atoms with Gasteiger partial charge < -0.3 is 14.4 Å². The van der Waals surface area contributed by atoms with Gasteiger partial charge in [-0.2, -0.15) is 0 Å². The Hall–Kier alpha value is -2.06. The van der Waals surface area contributed by atoms with Crippen LogP contribution in [0.15, 0.2) is 53.6 Å². The van der Waals surface area contributed by atoms with Crippen molar-refractivity contribution in [2.45, 2.75) is 11.0 Å². The number of halogens is 1. The molecule has 8 heteroatoms. The SMILES string of the molecule is COc1ccc(S(=O)(=O)NC[C@H](O)c2cn(C)c3ccccc23)cc1Cl. The predicted octanol–water partition coefficient (Wildman–Crippen LogP) is 2.85. The van der Waals surface area contributed by atoms with Crippen molar-refractivity contribution < 1.29 is 18.3 Å². The van der Waals surface area contributed by atoms with E-state index in [0.717, 1.165) is 10.9 Å². The number of ether oxygens (including phenoxy) is 1. The molecule has 0 aliphatic carbocycles. The average Bonchev–Trinajstić information content (AvgIpc) is 2.97. The number of nitrogens with one attached hydrogen (secondary N) is 1. The number of aryl methyl sites for hydroxylation is 1. The molecule has 26 heavy (non-hydrogen) atoms. The number of methoxy groups -OCH3 is 1. The molecule has 1 aromatic heterocycles. The summed E-state index contributed by atoms with van der Waals surface area (Å²) in [7, 11) is -0.484. The summed E-state index contributed by atoms with van der Waals surface area (Å²) in [6.07, 6.45) is 0.818. The third-order valence-corrected chi connectivity index (χ3v) is 5.90. The number of aliphatic hydroxyl groups excluding tert-OH is 1. The molecular formula is C18H19ClN2O4S. The zero-order valence-corrected chi connectivity index (χ0v) is 15.9. The van der Waals surface area contributed by atoms with Gasteiger partial charge in [0.2, 0.25) is 10.0 Å². The molecule has 0 spiro atoms. The number of hydrogen-bond donors (Lipinski definition) is 2. The second-order valence-corrected chi connectivity index (χ2v) is 8.05. The summed E-state index contributed by atoms with van der Waals surface area (Å²) in [5, 5.41) is 11.6. The first-order valence-electron chi connectivity index (χ1n) is 7.88. The molecule has 6 nitrogen and oxygen atoms in total. The van der Waals surface area contributed by atoms with Crippen molar-refractivity contribution in [3.63, 3.8) is 0 Å². The van der Waals surface area contributed by atoms with Gasteiger partial charge in [-0.15, -0.1) is 0 Å². The predicted molar refractivity (Wildman–Crippen MR) is 101 cm³/mol. The standard InChI is InChI=1S/C18H19ClN2O4S/c1-21-11-14(13-5-3-4-6-16(13)21)17(22)10-20-26(23,24)12-7-8-18(25-2)15(19)9-12/h3-9,11,17,20,22H,10H2,1-2H3/t17-/m0/s1. The number of rotatable bonds is 6. The van der Waals surface area contributed by atoms with E-state index in [9.17, 15) is 13.5 Å². The van der Waals surface area contributed by atoms with Crippen LogP contribution in [0.5, 0.6) is 5.75 Å². The molecule has 2 aromatic carbocycles. The van der Waals surface area contributed by atoms with Gasteiger partial charge in [0.1, 0.15) is 5.75 Å². The lowest BCUT2D eigenvalue weighted by Gasteiger charge is -2.13. The summed E-state index contributed by atoms with van der Waals surface area (Å²) < 4.78 is 34.3. The van der Waals surface area contributed by atoms with E-state index >= 15 is 0 Å². The maximum absolute atomic E-state index is 12.5. The van der Waals surface area contributed by atoms with Crippen LogP contribution in [0.4, 0.5) is 0 Å². The topological polar surface area (TPSA) is 80.6 Å². The quantitative estimate of drug-likeness (QED) is 0.673. The van der Waals surface area contributed by atoms with E-state index in [1.165, 1.54) is 25.3 Å². The van der Waals surface area contributed by atoms with Crippen molar-refractivity contribution in [2.24, 2.45) is 7.05 Å². The highest BCUT2D eigenvalue weighted by atomic mass is 35.5. The van der Waals surface area contributed by atoms with Crippen molar-refractivity contribution in [1.29, 1.82) is 0 Å². The van der Waals surface area contributed by atoms with Crippen LogP contribution in [0.2, 0.25) is 5.02 Å². The average molecular weight is 395 g/mol. The molecular weight excluding hydrogens is 376 g/mol. The van der Waals surface area contributed by atoms with Crippen molar-refractivity contribution in [3.8, 4) is 5.75 Å². The summed E-state index contributed by atoms with van der Waals surface area (Å²) in [6, 6.07) is 11.8. The smallest absolute Gasteiger partial charge is 0.240 e. The number of aromatic nitrogens is 1. The Bertz CT molecular complexity index is 1050. The molecule has 0 aliphatic heterocycles. The highest BCUT2D eigenvalue weighted by Crippen LogP contribution is 2.28. The molecule has 2 N–H and O–H groups in total. The fraction of sp³-hybridized carbons (Fsp3) is 0.222.